The molecule has 0 aliphatic carbocycles. The molecule has 5 rings (SSSR count). The number of amides is 2. The maximum absolute atomic E-state index is 12.9. The van der Waals surface area contributed by atoms with E-state index in [2.05, 4.69) is 10.2 Å². The number of hydrogen-bond donors (Lipinski definition) is 1. The second-order valence-corrected chi connectivity index (χ2v) is 9.45. The Kier molecular flexibility index (Phi) is 7.20. The predicted octanol–water partition coefficient (Wildman–Crippen LogP) is 7.73. The summed E-state index contributed by atoms with van der Waals surface area (Å²) in [5, 5.41) is 21.1. The molecule has 37 heavy (non-hydrogen) atoms. The van der Waals surface area contributed by atoms with Crippen LogP contribution in [0.15, 0.2) is 100 Å². The number of para-hydroxylation sites is 1. The van der Waals surface area contributed by atoms with Crippen LogP contribution in [0, 0.1) is 0 Å². The number of imide groups is 1. The summed E-state index contributed by atoms with van der Waals surface area (Å²) in [5.41, 5.74) is 1.56. The van der Waals surface area contributed by atoms with Crippen LogP contribution in [0.1, 0.15) is 5.56 Å². The Labute approximate surface area is 222 Å². The molecular formula is C28H20ClN3O4S. The van der Waals surface area contributed by atoms with Crippen molar-refractivity contribution in [2.24, 2.45) is 10.2 Å². The Morgan fingerprint density at radius 2 is 1.73 bits per heavy atom. The van der Waals surface area contributed by atoms with Crippen molar-refractivity contribution < 1.29 is 19.4 Å². The number of nitrogens with zero attached hydrogens (tertiary/aromatic N) is 3. The van der Waals surface area contributed by atoms with E-state index in [1.807, 2.05) is 42.5 Å². The summed E-state index contributed by atoms with van der Waals surface area (Å²) in [4.78, 5) is 26.6. The molecule has 0 aromatic heterocycles. The maximum Gasteiger partial charge on any atom is 0.293 e. The number of aromatic hydroxyl groups is 1. The van der Waals surface area contributed by atoms with Crippen molar-refractivity contribution in [2.75, 3.05) is 13.2 Å². The molecule has 0 unspecified atom stereocenters. The zero-order valence-corrected chi connectivity index (χ0v) is 20.9. The van der Waals surface area contributed by atoms with Crippen molar-refractivity contribution >= 4 is 62.7 Å². The van der Waals surface area contributed by atoms with E-state index in [1.165, 1.54) is 12.1 Å². The molecule has 4 aromatic carbocycles. The molecule has 1 aliphatic rings. The standard InChI is InChI=1S/C28H20ClN3O4S/c29-22-9-3-4-11-25(22)36-15-14-32-27(34)26(37-28(32)35)17-19-16-20(12-13-24(19)33)30-31-23-10-5-7-18-6-1-2-8-21(18)23/h1-13,16-17,33H,14-15H2/b26-17-,31-30?. The number of fused-ring (bicyclic) bond motifs is 1. The van der Waals surface area contributed by atoms with Gasteiger partial charge >= 0.3 is 0 Å². The first-order chi connectivity index (χ1) is 18.0. The van der Waals surface area contributed by atoms with E-state index in [9.17, 15) is 14.7 Å². The number of ether oxygens (including phenoxy) is 1. The molecule has 9 heteroatoms. The van der Waals surface area contributed by atoms with E-state index >= 15 is 0 Å². The van der Waals surface area contributed by atoms with Gasteiger partial charge in [0, 0.05) is 10.9 Å². The van der Waals surface area contributed by atoms with Gasteiger partial charge in [-0.15, -0.1) is 5.11 Å². The molecule has 0 saturated carbocycles. The summed E-state index contributed by atoms with van der Waals surface area (Å²) in [6.07, 6.45) is 1.48. The first kappa shape index (κ1) is 24.5. The minimum absolute atomic E-state index is 0.0436. The smallest absolute Gasteiger partial charge is 0.293 e. The Bertz CT molecular complexity index is 1570. The van der Waals surface area contributed by atoms with Gasteiger partial charge in [-0.3, -0.25) is 14.5 Å². The van der Waals surface area contributed by atoms with E-state index < -0.39 is 11.1 Å². The van der Waals surface area contributed by atoms with Crippen LogP contribution < -0.4 is 4.74 Å². The number of rotatable bonds is 7. The van der Waals surface area contributed by atoms with Gasteiger partial charge in [-0.1, -0.05) is 60.1 Å². The van der Waals surface area contributed by atoms with Crippen LogP contribution in [0.2, 0.25) is 5.02 Å². The first-order valence-electron chi connectivity index (χ1n) is 11.3. The van der Waals surface area contributed by atoms with E-state index in [4.69, 9.17) is 16.3 Å². The lowest BCUT2D eigenvalue weighted by Crippen LogP contribution is -2.32. The highest BCUT2D eigenvalue weighted by molar-refractivity contribution is 8.18. The Hall–Kier alpha value is -4.14. The fourth-order valence-electron chi connectivity index (χ4n) is 3.77. The SMILES string of the molecule is O=C1S/C(=C\c2cc(N=Nc3cccc4ccccc34)ccc2O)C(=O)N1CCOc1ccccc1Cl. The molecular weight excluding hydrogens is 510 g/mol. The third kappa shape index (κ3) is 5.50. The lowest BCUT2D eigenvalue weighted by atomic mass is 10.1. The van der Waals surface area contributed by atoms with Crippen LogP contribution in [-0.2, 0) is 4.79 Å². The van der Waals surface area contributed by atoms with Gasteiger partial charge in [-0.2, -0.15) is 5.11 Å². The molecule has 1 heterocycles. The highest BCUT2D eigenvalue weighted by Crippen LogP contribution is 2.35. The second kappa shape index (κ2) is 10.9. The van der Waals surface area contributed by atoms with E-state index in [1.54, 1.807) is 36.4 Å². The molecule has 1 N–H and O–H groups in total. The number of phenolic OH excluding ortho intramolecular Hbond substituents is 1. The number of carbonyl (C=O) groups excluding carboxylic acids is 2. The van der Waals surface area contributed by atoms with Crippen molar-refractivity contribution in [1.29, 1.82) is 0 Å². The van der Waals surface area contributed by atoms with Gasteiger partial charge in [-0.25, -0.2) is 0 Å². The Morgan fingerprint density at radius 1 is 0.946 bits per heavy atom. The summed E-state index contributed by atoms with van der Waals surface area (Å²) < 4.78 is 5.60. The average Bonchev–Trinajstić information content (AvgIpc) is 3.17. The van der Waals surface area contributed by atoms with Crippen molar-refractivity contribution in [1.82, 2.24) is 4.90 Å². The highest BCUT2D eigenvalue weighted by atomic mass is 35.5. The summed E-state index contributed by atoms with van der Waals surface area (Å²) >= 11 is 6.88. The lowest BCUT2D eigenvalue weighted by molar-refractivity contribution is -0.123. The summed E-state index contributed by atoms with van der Waals surface area (Å²) in [7, 11) is 0. The van der Waals surface area contributed by atoms with E-state index in [0.717, 1.165) is 27.4 Å². The zero-order valence-electron chi connectivity index (χ0n) is 19.4. The van der Waals surface area contributed by atoms with Crippen LogP contribution in [0.4, 0.5) is 16.2 Å². The fraction of sp³-hybridized carbons (Fsp3) is 0.0714. The number of hydrogen-bond acceptors (Lipinski definition) is 7. The molecule has 2 amide bonds. The van der Waals surface area contributed by atoms with Crippen LogP contribution in [0.5, 0.6) is 11.5 Å². The second-order valence-electron chi connectivity index (χ2n) is 8.05. The van der Waals surface area contributed by atoms with Gasteiger partial charge in [0.2, 0.25) is 0 Å². The Morgan fingerprint density at radius 3 is 2.59 bits per heavy atom. The third-order valence-corrected chi connectivity index (χ3v) is 6.84. The minimum atomic E-state index is -0.458. The number of halogens is 1. The van der Waals surface area contributed by atoms with Gasteiger partial charge in [0.15, 0.2) is 0 Å². The number of benzene rings is 4. The first-order valence-corrected chi connectivity index (χ1v) is 12.5. The summed E-state index contributed by atoms with van der Waals surface area (Å²) in [5.74, 6) is -0.0241. The van der Waals surface area contributed by atoms with Gasteiger partial charge in [0.1, 0.15) is 18.1 Å². The van der Waals surface area contributed by atoms with Gasteiger partial charge < -0.3 is 9.84 Å². The number of carbonyl (C=O) groups is 2. The molecule has 7 nitrogen and oxygen atoms in total. The van der Waals surface area contributed by atoms with Crippen molar-refractivity contribution in [2.45, 2.75) is 0 Å². The summed E-state index contributed by atoms with van der Waals surface area (Å²) in [6.45, 7) is 0.169. The fourth-order valence-corrected chi connectivity index (χ4v) is 4.82. The third-order valence-electron chi connectivity index (χ3n) is 5.62. The minimum Gasteiger partial charge on any atom is -0.507 e. The molecule has 1 saturated heterocycles. The predicted molar refractivity (Wildman–Crippen MR) is 146 cm³/mol. The maximum atomic E-state index is 12.9. The largest absolute Gasteiger partial charge is 0.507 e. The number of azo groups is 1. The monoisotopic (exact) mass is 529 g/mol. The zero-order chi connectivity index (χ0) is 25.8. The normalized spacial score (nSPS) is 14.8. The average molecular weight is 530 g/mol. The quantitative estimate of drug-likeness (QED) is 0.195. The molecule has 1 fully saturated rings. The van der Waals surface area contributed by atoms with Gasteiger partial charge in [-0.05, 0) is 59.6 Å². The molecule has 0 bridgehead atoms. The number of phenols is 1. The molecule has 0 spiro atoms. The Balaban J connectivity index is 1.31. The molecule has 0 radical (unpaired) electrons. The van der Waals surface area contributed by atoms with Crippen molar-refractivity contribution in [3.05, 3.63) is 100 Å². The van der Waals surface area contributed by atoms with Crippen LogP contribution in [-0.4, -0.2) is 34.3 Å². The van der Waals surface area contributed by atoms with Crippen molar-refractivity contribution in [3.63, 3.8) is 0 Å². The molecule has 4 aromatic rings. The molecule has 0 atom stereocenters. The topological polar surface area (TPSA) is 91.6 Å². The summed E-state index contributed by atoms with van der Waals surface area (Å²) in [6, 6.07) is 25.4. The highest BCUT2D eigenvalue weighted by Gasteiger charge is 2.35. The van der Waals surface area contributed by atoms with Gasteiger partial charge in [0.05, 0.1) is 27.8 Å². The van der Waals surface area contributed by atoms with E-state index in [-0.39, 0.29) is 23.8 Å². The van der Waals surface area contributed by atoms with Crippen molar-refractivity contribution in [3.8, 4) is 11.5 Å². The lowest BCUT2D eigenvalue weighted by Gasteiger charge is -2.13. The number of thioether (sulfide) groups is 1. The van der Waals surface area contributed by atoms with Crippen LogP contribution in [0.3, 0.4) is 0 Å². The molecule has 1 aliphatic heterocycles. The van der Waals surface area contributed by atoms with Crippen LogP contribution >= 0.6 is 23.4 Å². The van der Waals surface area contributed by atoms with E-state index in [0.29, 0.717) is 27.7 Å². The van der Waals surface area contributed by atoms with Crippen LogP contribution in [0.25, 0.3) is 16.8 Å². The van der Waals surface area contributed by atoms with Gasteiger partial charge in [0.25, 0.3) is 11.1 Å². The molecule has 184 valence electrons.